The monoisotopic (exact) mass is 155 g/mol. The molecular weight excluding hydrogens is 146 g/mol. The third-order valence-corrected chi connectivity index (χ3v) is 0.891. The summed E-state index contributed by atoms with van der Waals surface area (Å²) in [5, 5.41) is 8.10. The summed E-state index contributed by atoms with van der Waals surface area (Å²) >= 11 is 0. The third-order valence-electron chi connectivity index (χ3n) is 0.891. The first-order valence-corrected chi connectivity index (χ1v) is 3.01. The number of nitrogens with zero attached hydrogens (tertiary/aromatic N) is 1. The third kappa shape index (κ3) is 4.97. The van der Waals surface area contributed by atoms with Crippen molar-refractivity contribution in [1.29, 1.82) is 5.26 Å². The molecule has 0 rings (SSSR count). The van der Waals surface area contributed by atoms with Crippen molar-refractivity contribution >= 4 is 6.16 Å². The molecule has 0 N–H and O–H groups in total. The fraction of sp³-hybridized carbons (Fsp3) is 0.429. The summed E-state index contributed by atoms with van der Waals surface area (Å²) in [6, 6.07) is 1.78. The molecular formula is C7H9NO3. The van der Waals surface area contributed by atoms with Crippen LogP contribution in [0.1, 0.15) is 6.92 Å². The molecule has 0 aliphatic rings. The van der Waals surface area contributed by atoms with Gasteiger partial charge in [-0.3, -0.25) is 0 Å². The second-order valence-electron chi connectivity index (χ2n) is 1.77. The minimum absolute atomic E-state index is 0.429. The quantitative estimate of drug-likeness (QED) is 0.444. The summed E-state index contributed by atoms with van der Waals surface area (Å²) in [7, 11) is 1.23. The van der Waals surface area contributed by atoms with Gasteiger partial charge in [-0.1, -0.05) is 0 Å². The van der Waals surface area contributed by atoms with E-state index in [9.17, 15) is 4.79 Å². The van der Waals surface area contributed by atoms with Crippen LogP contribution >= 0.6 is 0 Å². The summed E-state index contributed by atoms with van der Waals surface area (Å²) in [4.78, 5) is 10.4. The Labute approximate surface area is 65.0 Å². The molecule has 0 saturated carbocycles. The van der Waals surface area contributed by atoms with Gasteiger partial charge in [-0.05, 0) is 13.0 Å². The van der Waals surface area contributed by atoms with Gasteiger partial charge in [-0.25, -0.2) is 4.79 Å². The van der Waals surface area contributed by atoms with Crippen LogP contribution in [0.25, 0.3) is 0 Å². The second-order valence-corrected chi connectivity index (χ2v) is 1.77. The topological polar surface area (TPSA) is 59.3 Å². The number of carbonyl (C=O) groups excluding carboxylic acids is 1. The zero-order valence-electron chi connectivity index (χ0n) is 6.40. The highest BCUT2D eigenvalue weighted by molar-refractivity contribution is 5.59. The Morgan fingerprint density at radius 2 is 2.36 bits per heavy atom. The van der Waals surface area contributed by atoms with E-state index in [0.29, 0.717) is 0 Å². The van der Waals surface area contributed by atoms with Crippen LogP contribution in [0, 0.1) is 11.3 Å². The number of rotatable bonds is 2. The Kier molecular flexibility index (Phi) is 4.58. The average molecular weight is 155 g/mol. The van der Waals surface area contributed by atoms with E-state index in [2.05, 4.69) is 9.47 Å². The lowest BCUT2D eigenvalue weighted by Crippen LogP contribution is -2.11. The van der Waals surface area contributed by atoms with Crippen molar-refractivity contribution in [2.45, 2.75) is 13.0 Å². The summed E-state index contributed by atoms with van der Waals surface area (Å²) < 4.78 is 8.83. The van der Waals surface area contributed by atoms with Gasteiger partial charge in [0.1, 0.15) is 6.10 Å². The van der Waals surface area contributed by atoms with Gasteiger partial charge in [0.25, 0.3) is 0 Å². The molecule has 0 bridgehead atoms. The molecule has 0 aromatic rings. The second kappa shape index (κ2) is 5.30. The molecule has 0 fully saturated rings. The fourth-order valence-electron chi connectivity index (χ4n) is 0.418. The molecule has 0 heterocycles. The largest absolute Gasteiger partial charge is 0.508 e. The van der Waals surface area contributed by atoms with E-state index in [4.69, 9.17) is 5.26 Å². The Morgan fingerprint density at radius 1 is 1.73 bits per heavy atom. The lowest BCUT2D eigenvalue weighted by atomic mass is 10.4. The molecule has 0 aliphatic carbocycles. The van der Waals surface area contributed by atoms with Crippen molar-refractivity contribution < 1.29 is 14.3 Å². The van der Waals surface area contributed by atoms with Gasteiger partial charge in [0, 0.05) is 6.08 Å². The Morgan fingerprint density at radius 3 is 2.82 bits per heavy atom. The van der Waals surface area contributed by atoms with Crippen LogP contribution in [-0.2, 0) is 9.47 Å². The zero-order valence-corrected chi connectivity index (χ0v) is 6.40. The number of hydrogen-bond acceptors (Lipinski definition) is 4. The maximum absolute atomic E-state index is 10.4. The molecule has 60 valence electrons. The Hall–Kier alpha value is -1.50. The molecule has 0 amide bonds. The van der Waals surface area contributed by atoms with Crippen molar-refractivity contribution in [3.05, 3.63) is 12.2 Å². The van der Waals surface area contributed by atoms with E-state index in [-0.39, 0.29) is 0 Å². The minimum atomic E-state index is -0.750. The molecule has 4 heteroatoms. The van der Waals surface area contributed by atoms with Gasteiger partial charge < -0.3 is 9.47 Å². The van der Waals surface area contributed by atoms with Gasteiger partial charge in [0.05, 0.1) is 13.2 Å². The number of allylic oxidation sites excluding steroid dienone is 1. The van der Waals surface area contributed by atoms with Gasteiger partial charge in [-0.15, -0.1) is 0 Å². The summed E-state index contributed by atoms with van der Waals surface area (Å²) in [6.45, 7) is 1.63. The van der Waals surface area contributed by atoms with Gasteiger partial charge in [0.2, 0.25) is 0 Å². The Bertz CT molecular complexity index is 192. The van der Waals surface area contributed by atoms with Crippen LogP contribution in [0.2, 0.25) is 0 Å². The molecule has 0 saturated heterocycles. The van der Waals surface area contributed by atoms with Crippen molar-refractivity contribution in [2.24, 2.45) is 0 Å². The van der Waals surface area contributed by atoms with E-state index >= 15 is 0 Å². The van der Waals surface area contributed by atoms with Gasteiger partial charge in [0.15, 0.2) is 0 Å². The lowest BCUT2D eigenvalue weighted by Gasteiger charge is -2.05. The number of carbonyl (C=O) groups is 1. The molecule has 0 unspecified atom stereocenters. The predicted octanol–water partition coefficient (Wildman–Crippen LogP) is 1.24. The molecule has 4 nitrogen and oxygen atoms in total. The fourth-order valence-corrected chi connectivity index (χ4v) is 0.418. The molecule has 11 heavy (non-hydrogen) atoms. The normalized spacial score (nSPS) is 12.1. The van der Waals surface area contributed by atoms with Gasteiger partial charge >= 0.3 is 6.16 Å². The van der Waals surface area contributed by atoms with Crippen molar-refractivity contribution in [3.63, 3.8) is 0 Å². The summed E-state index contributed by atoms with van der Waals surface area (Å²) in [5.41, 5.74) is 0. The molecule has 1 atom stereocenters. The standard InChI is InChI=1S/C7H9NO3/c1-6(4-3-5-8)11-7(9)10-2/h3-4,6H,1-2H3/b4-3+/t6-/m0/s1. The van der Waals surface area contributed by atoms with Gasteiger partial charge in [-0.2, -0.15) is 5.26 Å². The lowest BCUT2D eigenvalue weighted by molar-refractivity contribution is 0.0579. The molecule has 0 aliphatic heterocycles. The molecule has 0 spiro atoms. The molecule has 0 aromatic heterocycles. The predicted molar refractivity (Wildman–Crippen MR) is 37.7 cm³/mol. The maximum Gasteiger partial charge on any atom is 0.508 e. The average Bonchev–Trinajstić information content (AvgIpc) is 2.00. The van der Waals surface area contributed by atoms with Crippen LogP contribution in [0.15, 0.2) is 12.2 Å². The minimum Gasteiger partial charge on any atom is -0.438 e. The maximum atomic E-state index is 10.4. The van der Waals surface area contributed by atoms with E-state index < -0.39 is 12.3 Å². The summed E-state index contributed by atoms with van der Waals surface area (Å²) in [5.74, 6) is 0. The van der Waals surface area contributed by atoms with Crippen LogP contribution in [0.3, 0.4) is 0 Å². The van der Waals surface area contributed by atoms with Crippen LogP contribution in [0.5, 0.6) is 0 Å². The SMILES string of the molecule is COC(=O)O[C@@H](C)/C=C/C#N. The van der Waals surface area contributed by atoms with E-state index in [0.717, 1.165) is 0 Å². The Balaban J connectivity index is 3.70. The number of ether oxygens (including phenoxy) is 2. The van der Waals surface area contributed by atoms with Crippen LogP contribution in [-0.4, -0.2) is 19.4 Å². The highest BCUT2D eigenvalue weighted by Gasteiger charge is 2.04. The van der Waals surface area contributed by atoms with E-state index in [1.807, 2.05) is 0 Å². The summed E-state index contributed by atoms with van der Waals surface area (Å²) in [6.07, 6.45) is 1.52. The van der Waals surface area contributed by atoms with E-state index in [1.165, 1.54) is 19.3 Å². The van der Waals surface area contributed by atoms with E-state index in [1.54, 1.807) is 13.0 Å². The highest BCUT2D eigenvalue weighted by Crippen LogP contribution is 1.94. The first-order chi connectivity index (χ1) is 5.20. The van der Waals surface area contributed by atoms with Crippen molar-refractivity contribution in [2.75, 3.05) is 7.11 Å². The smallest absolute Gasteiger partial charge is 0.438 e. The first kappa shape index (κ1) is 9.50. The number of hydrogen-bond donors (Lipinski definition) is 0. The van der Waals surface area contributed by atoms with Crippen LogP contribution < -0.4 is 0 Å². The number of nitriles is 1. The molecule has 0 aromatic carbocycles. The highest BCUT2D eigenvalue weighted by atomic mass is 16.7. The van der Waals surface area contributed by atoms with Crippen LogP contribution in [0.4, 0.5) is 4.79 Å². The van der Waals surface area contributed by atoms with Crippen molar-refractivity contribution in [3.8, 4) is 6.07 Å². The zero-order chi connectivity index (χ0) is 8.69. The molecule has 0 radical (unpaired) electrons. The first-order valence-electron chi connectivity index (χ1n) is 3.01. The number of methoxy groups -OCH3 is 1. The van der Waals surface area contributed by atoms with Crippen molar-refractivity contribution in [1.82, 2.24) is 0 Å².